The summed E-state index contributed by atoms with van der Waals surface area (Å²) in [6.45, 7) is 6.51. The molecule has 1 aromatic rings. The molecule has 1 aliphatic rings. The molecule has 2 heterocycles. The van der Waals surface area contributed by atoms with E-state index in [1.165, 1.54) is 7.11 Å². The Kier molecular flexibility index (Phi) is 5.19. The molecule has 1 aromatic heterocycles. The average molecular weight is 293 g/mol. The molecule has 7 nitrogen and oxygen atoms in total. The highest BCUT2D eigenvalue weighted by Crippen LogP contribution is 2.21. The van der Waals surface area contributed by atoms with Crippen LogP contribution in [0.4, 0.5) is 16.4 Å². The van der Waals surface area contributed by atoms with Crippen molar-refractivity contribution >= 4 is 17.7 Å². The van der Waals surface area contributed by atoms with E-state index in [9.17, 15) is 4.79 Å². The van der Waals surface area contributed by atoms with E-state index in [4.69, 9.17) is 0 Å². The van der Waals surface area contributed by atoms with Crippen molar-refractivity contribution in [3.63, 3.8) is 0 Å². The molecule has 7 heteroatoms. The maximum atomic E-state index is 11.3. The van der Waals surface area contributed by atoms with Crippen LogP contribution in [-0.2, 0) is 11.2 Å². The van der Waals surface area contributed by atoms with Crippen LogP contribution in [0.3, 0.4) is 0 Å². The molecule has 1 atom stereocenters. The summed E-state index contributed by atoms with van der Waals surface area (Å²) >= 11 is 0. The Hall–Kier alpha value is -2.05. The van der Waals surface area contributed by atoms with Gasteiger partial charge in [0.05, 0.1) is 13.2 Å². The second-order valence-electron chi connectivity index (χ2n) is 4.98. The first-order valence-electron chi connectivity index (χ1n) is 7.37. The topological polar surface area (TPSA) is 79.4 Å². The lowest BCUT2D eigenvalue weighted by Gasteiger charge is -2.19. The van der Waals surface area contributed by atoms with Crippen molar-refractivity contribution in [2.45, 2.75) is 32.7 Å². The number of alkyl carbamates (subject to hydrolysis) is 1. The van der Waals surface area contributed by atoms with E-state index in [2.05, 4.69) is 30.2 Å². The van der Waals surface area contributed by atoms with Crippen LogP contribution in [0.15, 0.2) is 6.07 Å². The van der Waals surface area contributed by atoms with Gasteiger partial charge in [-0.05, 0) is 13.3 Å². The molecule has 2 N–H and O–H groups in total. The maximum Gasteiger partial charge on any atom is 0.407 e. The third-order valence-corrected chi connectivity index (χ3v) is 3.45. The SMILES string of the molecule is CCNc1cc(N2CCC(NC(=O)OC)C2)nc(CC)n1. The van der Waals surface area contributed by atoms with E-state index in [0.717, 1.165) is 49.9 Å². The number of anilines is 2. The minimum atomic E-state index is -0.382. The van der Waals surface area contributed by atoms with E-state index in [-0.39, 0.29) is 12.1 Å². The highest BCUT2D eigenvalue weighted by atomic mass is 16.5. The molecule has 1 saturated heterocycles. The number of rotatable bonds is 5. The first-order valence-corrected chi connectivity index (χ1v) is 7.37. The zero-order valence-electron chi connectivity index (χ0n) is 12.8. The smallest absolute Gasteiger partial charge is 0.407 e. The van der Waals surface area contributed by atoms with E-state index in [1.54, 1.807) is 0 Å². The number of carbonyl (C=O) groups excluding carboxylic acids is 1. The molecule has 0 radical (unpaired) electrons. The van der Waals surface area contributed by atoms with E-state index < -0.39 is 0 Å². The standard InChI is InChI=1S/C14H23N5O2/c1-4-11-17-12(15-5-2)8-13(18-11)19-7-6-10(9-19)16-14(20)21-3/h8,10H,4-7,9H2,1-3H3,(H,16,20)(H,15,17,18). The molecule has 0 aliphatic carbocycles. The second-order valence-corrected chi connectivity index (χ2v) is 4.98. The van der Waals surface area contributed by atoms with Crippen molar-refractivity contribution in [3.8, 4) is 0 Å². The van der Waals surface area contributed by atoms with Crippen LogP contribution in [-0.4, -0.2) is 48.8 Å². The van der Waals surface area contributed by atoms with Gasteiger partial charge < -0.3 is 20.3 Å². The van der Waals surface area contributed by atoms with Gasteiger partial charge in [-0.3, -0.25) is 0 Å². The molecular weight excluding hydrogens is 270 g/mol. The number of methoxy groups -OCH3 is 1. The summed E-state index contributed by atoms with van der Waals surface area (Å²) in [4.78, 5) is 22.5. The number of aryl methyl sites for hydroxylation is 1. The molecular formula is C14H23N5O2. The van der Waals surface area contributed by atoms with Crippen LogP contribution in [0.2, 0.25) is 0 Å². The van der Waals surface area contributed by atoms with Crippen molar-refractivity contribution in [2.24, 2.45) is 0 Å². The van der Waals surface area contributed by atoms with Gasteiger partial charge in [0.15, 0.2) is 0 Å². The summed E-state index contributed by atoms with van der Waals surface area (Å²) in [6, 6.07) is 2.06. The zero-order chi connectivity index (χ0) is 15.2. The average Bonchev–Trinajstić information content (AvgIpc) is 2.95. The van der Waals surface area contributed by atoms with Crippen molar-refractivity contribution in [2.75, 3.05) is 37.0 Å². The predicted molar refractivity (Wildman–Crippen MR) is 81.7 cm³/mol. The minimum absolute atomic E-state index is 0.0973. The number of amides is 1. The molecule has 0 bridgehead atoms. The van der Waals surface area contributed by atoms with E-state index in [0.29, 0.717) is 0 Å². The van der Waals surface area contributed by atoms with Gasteiger partial charge in [-0.2, -0.15) is 0 Å². The fraction of sp³-hybridized carbons (Fsp3) is 0.643. The highest BCUT2D eigenvalue weighted by molar-refractivity contribution is 5.67. The minimum Gasteiger partial charge on any atom is -0.453 e. The third-order valence-electron chi connectivity index (χ3n) is 3.45. The van der Waals surface area contributed by atoms with Gasteiger partial charge in [0.2, 0.25) is 0 Å². The summed E-state index contributed by atoms with van der Waals surface area (Å²) in [7, 11) is 1.38. The van der Waals surface area contributed by atoms with Crippen molar-refractivity contribution < 1.29 is 9.53 Å². The Morgan fingerprint density at radius 2 is 2.29 bits per heavy atom. The Balaban J connectivity index is 2.08. The van der Waals surface area contributed by atoms with Crippen molar-refractivity contribution in [3.05, 3.63) is 11.9 Å². The first-order chi connectivity index (χ1) is 10.2. The van der Waals surface area contributed by atoms with Crippen molar-refractivity contribution in [1.29, 1.82) is 0 Å². The van der Waals surface area contributed by atoms with Crippen LogP contribution in [0.1, 0.15) is 26.1 Å². The number of nitrogens with zero attached hydrogens (tertiary/aromatic N) is 3. The van der Waals surface area contributed by atoms with E-state index >= 15 is 0 Å². The fourth-order valence-corrected chi connectivity index (χ4v) is 2.39. The van der Waals surface area contributed by atoms with Crippen LogP contribution in [0.5, 0.6) is 0 Å². The monoisotopic (exact) mass is 293 g/mol. The first kappa shape index (κ1) is 15.3. The molecule has 0 saturated carbocycles. The summed E-state index contributed by atoms with van der Waals surface area (Å²) in [5, 5.41) is 6.07. The normalized spacial score (nSPS) is 17.7. The molecule has 0 aromatic carbocycles. The van der Waals surface area contributed by atoms with Gasteiger partial charge in [0.25, 0.3) is 0 Å². The molecule has 1 fully saturated rings. The predicted octanol–water partition coefficient (Wildman–Crippen LogP) is 1.41. The summed E-state index contributed by atoms with van der Waals surface area (Å²) < 4.78 is 4.64. The highest BCUT2D eigenvalue weighted by Gasteiger charge is 2.25. The van der Waals surface area contributed by atoms with Gasteiger partial charge in [-0.15, -0.1) is 0 Å². The molecule has 1 unspecified atom stereocenters. The lowest BCUT2D eigenvalue weighted by molar-refractivity contribution is 0.167. The van der Waals surface area contributed by atoms with Crippen LogP contribution < -0.4 is 15.5 Å². The molecule has 2 rings (SSSR count). The number of nitrogens with one attached hydrogen (secondary N) is 2. The van der Waals surface area contributed by atoms with Gasteiger partial charge >= 0.3 is 6.09 Å². The number of ether oxygens (including phenoxy) is 1. The number of aromatic nitrogens is 2. The van der Waals surface area contributed by atoms with Gasteiger partial charge in [0, 0.05) is 32.1 Å². The number of carbonyl (C=O) groups is 1. The third kappa shape index (κ3) is 3.96. The summed E-state index contributed by atoms with van der Waals surface area (Å²) in [5.74, 6) is 2.59. The van der Waals surface area contributed by atoms with Gasteiger partial charge in [-0.25, -0.2) is 14.8 Å². The molecule has 0 spiro atoms. The van der Waals surface area contributed by atoms with Crippen LogP contribution in [0, 0.1) is 0 Å². The molecule has 1 aliphatic heterocycles. The Labute approximate surface area is 125 Å². The molecule has 1 amide bonds. The summed E-state index contributed by atoms with van der Waals surface area (Å²) in [6.07, 6.45) is 1.30. The van der Waals surface area contributed by atoms with Crippen molar-refractivity contribution in [1.82, 2.24) is 15.3 Å². The van der Waals surface area contributed by atoms with Gasteiger partial charge in [-0.1, -0.05) is 6.92 Å². The summed E-state index contributed by atoms with van der Waals surface area (Å²) in [5.41, 5.74) is 0. The van der Waals surface area contributed by atoms with Crippen LogP contribution >= 0.6 is 0 Å². The Morgan fingerprint density at radius 3 is 2.95 bits per heavy atom. The zero-order valence-corrected chi connectivity index (χ0v) is 12.8. The number of hydrogen-bond acceptors (Lipinski definition) is 6. The van der Waals surface area contributed by atoms with Gasteiger partial charge in [0.1, 0.15) is 17.5 Å². The molecule has 116 valence electrons. The van der Waals surface area contributed by atoms with E-state index in [1.807, 2.05) is 19.9 Å². The maximum absolute atomic E-state index is 11.3. The Bertz CT molecular complexity index is 494. The number of hydrogen-bond donors (Lipinski definition) is 2. The fourth-order valence-electron chi connectivity index (χ4n) is 2.39. The lowest BCUT2D eigenvalue weighted by Crippen LogP contribution is -2.37. The van der Waals surface area contributed by atoms with Crippen LogP contribution in [0.25, 0.3) is 0 Å². The largest absolute Gasteiger partial charge is 0.453 e. The quantitative estimate of drug-likeness (QED) is 0.854. The second kappa shape index (κ2) is 7.10. The lowest BCUT2D eigenvalue weighted by atomic mass is 10.3. The molecule has 21 heavy (non-hydrogen) atoms. The Morgan fingerprint density at radius 1 is 1.48 bits per heavy atom.